The molecule has 44 heavy (non-hydrogen) atoms. The fraction of sp³-hybridized carbons (Fsp3) is 0.567. The summed E-state index contributed by atoms with van der Waals surface area (Å²) >= 11 is 0. The topological polar surface area (TPSA) is 160 Å². The summed E-state index contributed by atoms with van der Waals surface area (Å²) in [6, 6.07) is 10.8. The molecule has 2 atom stereocenters. The van der Waals surface area contributed by atoms with Crippen LogP contribution in [0.1, 0.15) is 52.9 Å². The number of rotatable bonds is 12. The maximum absolute atomic E-state index is 13.6. The highest BCUT2D eigenvalue weighted by Crippen LogP contribution is 2.28. The number of nitrogens with two attached hydrogens (primary N) is 1. The molecule has 1 saturated heterocycles. The molecule has 0 radical (unpaired) electrons. The van der Waals surface area contributed by atoms with E-state index in [-0.39, 0.29) is 55.3 Å². The quantitative estimate of drug-likeness (QED) is 0.293. The fourth-order valence-electron chi connectivity index (χ4n) is 5.13. The highest BCUT2D eigenvalue weighted by molar-refractivity contribution is 7.89. The predicted octanol–water partition coefficient (Wildman–Crippen LogP) is 2.94. The summed E-state index contributed by atoms with van der Waals surface area (Å²) in [5.74, 6) is -0.945. The van der Waals surface area contributed by atoms with Crippen molar-refractivity contribution >= 4 is 51.2 Å². The molecule has 1 saturated carbocycles. The molecule has 1 aliphatic carbocycles. The average Bonchev–Trinajstić information content (AvgIpc) is 3.78. The second-order valence-electron chi connectivity index (χ2n) is 12.2. The van der Waals surface area contributed by atoms with Crippen LogP contribution >= 0.6 is 12.4 Å². The second kappa shape index (κ2) is 15.3. The van der Waals surface area contributed by atoms with Crippen LogP contribution in [0.4, 0.5) is 4.79 Å². The Balaban J connectivity index is 0.00000529. The first kappa shape index (κ1) is 35.5. The molecule has 244 valence electrons. The summed E-state index contributed by atoms with van der Waals surface area (Å²) in [5, 5.41) is 6.00. The van der Waals surface area contributed by atoms with Gasteiger partial charge >= 0.3 is 6.16 Å². The van der Waals surface area contributed by atoms with E-state index in [0.717, 1.165) is 36.5 Å². The van der Waals surface area contributed by atoms with Gasteiger partial charge in [-0.05, 0) is 75.3 Å². The summed E-state index contributed by atoms with van der Waals surface area (Å²) in [6.45, 7) is 6.99. The lowest BCUT2D eigenvalue weighted by molar-refractivity contribution is -0.159. The fourth-order valence-corrected chi connectivity index (χ4v) is 6.36. The number of nitrogens with zero attached hydrogens (tertiary/aromatic N) is 2. The minimum atomic E-state index is -4.14. The largest absolute Gasteiger partial charge is 0.528 e. The zero-order chi connectivity index (χ0) is 31.2. The van der Waals surface area contributed by atoms with E-state index >= 15 is 0 Å². The van der Waals surface area contributed by atoms with Crippen LogP contribution in [0.5, 0.6) is 0 Å². The van der Waals surface area contributed by atoms with E-state index in [4.69, 9.17) is 15.3 Å². The summed E-state index contributed by atoms with van der Waals surface area (Å²) in [5.41, 5.74) is 5.07. The molecule has 4 rings (SSSR count). The Bertz CT molecular complexity index is 1410. The Labute approximate surface area is 265 Å². The number of hydrogen-bond acceptors (Lipinski definition) is 9. The van der Waals surface area contributed by atoms with Gasteiger partial charge in [0.2, 0.25) is 21.8 Å². The van der Waals surface area contributed by atoms with Gasteiger partial charge in [-0.25, -0.2) is 13.2 Å². The highest BCUT2D eigenvalue weighted by atomic mass is 35.5. The molecule has 4 N–H and O–H groups in total. The van der Waals surface area contributed by atoms with Gasteiger partial charge in [-0.1, -0.05) is 30.3 Å². The van der Waals surface area contributed by atoms with Crippen LogP contribution in [0, 0.1) is 5.92 Å². The molecule has 2 aromatic carbocycles. The number of fused-ring (bicyclic) bond motifs is 1. The zero-order valence-electron chi connectivity index (χ0n) is 25.5. The molecule has 0 aromatic heterocycles. The number of sulfonamides is 1. The van der Waals surface area contributed by atoms with Gasteiger partial charge in [-0.3, -0.25) is 9.59 Å². The molecule has 14 heteroatoms. The number of ether oxygens (including phenoxy) is 1. The molecule has 12 nitrogen and oxygen atoms in total. The first-order valence-electron chi connectivity index (χ1n) is 14.8. The number of amides is 2. The van der Waals surface area contributed by atoms with Crippen molar-refractivity contribution < 1.29 is 32.4 Å². The van der Waals surface area contributed by atoms with Crippen molar-refractivity contribution in [2.45, 2.75) is 75.5 Å². The van der Waals surface area contributed by atoms with E-state index in [1.165, 1.54) is 11.1 Å². The number of piperidine rings is 1. The van der Waals surface area contributed by atoms with Crippen LogP contribution in [-0.2, 0) is 29.2 Å². The van der Waals surface area contributed by atoms with Gasteiger partial charge < -0.3 is 25.5 Å². The lowest BCUT2D eigenvalue weighted by atomic mass is 9.99. The molecule has 0 unspecified atom stereocenters. The first-order valence-corrected chi connectivity index (χ1v) is 16.3. The van der Waals surface area contributed by atoms with Crippen molar-refractivity contribution in [3.8, 4) is 0 Å². The molecule has 2 amide bonds. The third kappa shape index (κ3) is 10.3. The zero-order valence-corrected chi connectivity index (χ0v) is 27.1. The lowest BCUT2D eigenvalue weighted by Crippen LogP contribution is -2.52. The molecule has 0 spiro atoms. The van der Waals surface area contributed by atoms with Gasteiger partial charge in [0.1, 0.15) is 11.6 Å². The van der Waals surface area contributed by atoms with Gasteiger partial charge in [0, 0.05) is 38.8 Å². The molecule has 1 heterocycles. The van der Waals surface area contributed by atoms with Crippen molar-refractivity contribution in [1.82, 2.24) is 20.0 Å². The lowest BCUT2D eigenvalue weighted by Gasteiger charge is -2.32. The molecule has 1 aliphatic heterocycles. The molecule has 2 aromatic rings. The molecule has 2 aliphatic rings. The van der Waals surface area contributed by atoms with Gasteiger partial charge in [-0.15, -0.1) is 17.5 Å². The average molecular weight is 654 g/mol. The van der Waals surface area contributed by atoms with Crippen LogP contribution < -0.4 is 15.8 Å². The summed E-state index contributed by atoms with van der Waals surface area (Å²) in [4.78, 5) is 45.7. The van der Waals surface area contributed by atoms with Crippen LogP contribution in [0.3, 0.4) is 0 Å². The van der Waals surface area contributed by atoms with E-state index in [0.29, 0.717) is 13.1 Å². The predicted molar refractivity (Wildman–Crippen MR) is 168 cm³/mol. The van der Waals surface area contributed by atoms with E-state index in [9.17, 15) is 22.8 Å². The van der Waals surface area contributed by atoms with E-state index in [1.54, 1.807) is 37.8 Å². The van der Waals surface area contributed by atoms with Crippen LogP contribution in [-0.4, -0.2) is 86.8 Å². The van der Waals surface area contributed by atoms with E-state index in [1.807, 2.05) is 24.3 Å². The number of benzene rings is 2. The van der Waals surface area contributed by atoms with Crippen molar-refractivity contribution in [2.24, 2.45) is 11.7 Å². The Morgan fingerprint density at radius 2 is 1.80 bits per heavy atom. The second-order valence-corrected chi connectivity index (χ2v) is 13.9. The SMILES string of the molecule is CC(C)(C)OC(=O)ON1CCC[C@@H](CNC(=O)C[C@H](NS(=O)(=O)c2ccc3ccccc3c2)C(=O)N(CCN)C2CC2)C1.Cl. The molecule has 2 fully saturated rings. The third-order valence-corrected chi connectivity index (χ3v) is 8.79. The van der Waals surface area contributed by atoms with Gasteiger partial charge in [-0.2, -0.15) is 4.72 Å². The number of halogens is 1. The number of carbonyl (C=O) groups is 3. The van der Waals surface area contributed by atoms with Crippen molar-refractivity contribution in [3.05, 3.63) is 42.5 Å². The van der Waals surface area contributed by atoms with E-state index in [2.05, 4.69) is 10.0 Å². The van der Waals surface area contributed by atoms with Gasteiger partial charge in [0.25, 0.3) is 0 Å². The van der Waals surface area contributed by atoms with Crippen molar-refractivity contribution in [1.29, 1.82) is 0 Å². The first-order chi connectivity index (χ1) is 20.3. The summed E-state index contributed by atoms with van der Waals surface area (Å²) < 4.78 is 34.6. The van der Waals surface area contributed by atoms with Crippen LogP contribution in [0.2, 0.25) is 0 Å². The standard InChI is InChI=1S/C30H43N5O7S.ClH/c1-30(2,3)41-29(38)42-34-15-6-7-21(20-34)19-32-27(36)18-26(28(37)35(16-14-31)24-11-12-24)33-43(39,40)25-13-10-22-8-4-5-9-23(22)17-25;/h4-5,8-10,13,17,21,24,26,33H,6-7,11-12,14-16,18-20,31H2,1-3H3,(H,32,36);1H/t21-,26-;/m0./s1. The number of hydrogen-bond donors (Lipinski definition) is 3. The Morgan fingerprint density at radius 1 is 1.09 bits per heavy atom. The number of nitrogens with one attached hydrogen (secondary N) is 2. The monoisotopic (exact) mass is 653 g/mol. The minimum absolute atomic E-state index is 0. The summed E-state index contributed by atoms with van der Waals surface area (Å²) in [6.07, 6.45) is 2.03. The molecular formula is C30H44ClN5O7S. The maximum atomic E-state index is 13.6. The van der Waals surface area contributed by atoms with Crippen molar-refractivity contribution in [3.63, 3.8) is 0 Å². The van der Waals surface area contributed by atoms with Crippen molar-refractivity contribution in [2.75, 3.05) is 32.7 Å². The van der Waals surface area contributed by atoms with Gasteiger partial charge in [0.15, 0.2) is 0 Å². The van der Waals surface area contributed by atoms with Crippen LogP contribution in [0.25, 0.3) is 10.8 Å². The summed E-state index contributed by atoms with van der Waals surface area (Å²) in [7, 11) is -4.14. The minimum Gasteiger partial charge on any atom is -0.427 e. The Kier molecular flexibility index (Phi) is 12.4. The third-order valence-electron chi connectivity index (χ3n) is 7.32. The highest BCUT2D eigenvalue weighted by Gasteiger charge is 2.38. The molecular weight excluding hydrogens is 610 g/mol. The smallest absolute Gasteiger partial charge is 0.427 e. The Hall–Kier alpha value is -2.97. The van der Waals surface area contributed by atoms with Crippen LogP contribution in [0.15, 0.2) is 47.4 Å². The molecule has 0 bridgehead atoms. The number of carbonyl (C=O) groups excluding carboxylic acids is 3. The normalized spacial score (nSPS) is 18.1. The van der Waals surface area contributed by atoms with Gasteiger partial charge in [0.05, 0.1) is 11.3 Å². The Morgan fingerprint density at radius 3 is 2.45 bits per heavy atom. The maximum Gasteiger partial charge on any atom is 0.528 e. The number of hydroxylamine groups is 2. The van der Waals surface area contributed by atoms with E-state index < -0.39 is 39.6 Å².